The third kappa shape index (κ3) is 5.30. The van der Waals surface area contributed by atoms with Gasteiger partial charge >= 0.3 is 0 Å². The summed E-state index contributed by atoms with van der Waals surface area (Å²) in [6.07, 6.45) is 5.05. The Morgan fingerprint density at radius 1 is 1.09 bits per heavy atom. The molecule has 5 aromatic rings. The number of nitrogens with zero attached hydrogens (tertiary/aromatic N) is 5. The number of benzene rings is 2. The van der Waals surface area contributed by atoms with Crippen molar-refractivity contribution in [1.82, 2.24) is 19.4 Å². The molecule has 11 heteroatoms. The number of fused-ring (bicyclic) bond motifs is 2. The van der Waals surface area contributed by atoms with Gasteiger partial charge in [0.1, 0.15) is 17.6 Å². The van der Waals surface area contributed by atoms with Gasteiger partial charge in [-0.1, -0.05) is 41.7 Å². The first-order chi connectivity index (χ1) is 20.9. The summed E-state index contributed by atoms with van der Waals surface area (Å²) in [7, 11) is 1.60. The van der Waals surface area contributed by atoms with Gasteiger partial charge in [-0.15, -0.1) is 0 Å². The summed E-state index contributed by atoms with van der Waals surface area (Å²) < 4.78 is 13.9. The highest BCUT2D eigenvalue weighted by molar-refractivity contribution is 7.99. The van der Waals surface area contributed by atoms with E-state index in [1.807, 2.05) is 63.2 Å². The van der Waals surface area contributed by atoms with Crippen LogP contribution in [0.3, 0.4) is 0 Å². The van der Waals surface area contributed by atoms with E-state index in [1.54, 1.807) is 47.2 Å². The van der Waals surface area contributed by atoms with Crippen molar-refractivity contribution in [3.05, 3.63) is 109 Å². The van der Waals surface area contributed by atoms with Crippen LogP contribution in [-0.4, -0.2) is 45.5 Å². The molecule has 0 N–H and O–H groups in total. The highest BCUT2D eigenvalue weighted by atomic mass is 32.2. The summed E-state index contributed by atoms with van der Waals surface area (Å²) in [5.74, 6) is 0.947. The number of rotatable bonds is 8. The van der Waals surface area contributed by atoms with Crippen LogP contribution in [0.1, 0.15) is 38.1 Å². The van der Waals surface area contributed by atoms with Crippen molar-refractivity contribution in [3.63, 3.8) is 0 Å². The molecule has 218 valence electrons. The fraction of sp³-hybridized carbons (Fsp3) is 0.219. The molecule has 2 aromatic carbocycles. The lowest BCUT2D eigenvalue weighted by molar-refractivity contribution is -0.127. The van der Waals surface area contributed by atoms with Crippen LogP contribution in [0.15, 0.2) is 103 Å². The van der Waals surface area contributed by atoms with Crippen molar-refractivity contribution < 1.29 is 13.9 Å². The third-order valence-corrected chi connectivity index (χ3v) is 9.13. The Kier molecular flexibility index (Phi) is 8.00. The minimum absolute atomic E-state index is 0.156. The van der Waals surface area contributed by atoms with Crippen LogP contribution in [-0.2, 0) is 4.79 Å². The van der Waals surface area contributed by atoms with Crippen molar-refractivity contribution in [2.75, 3.05) is 20.2 Å². The molecule has 0 radical (unpaired) electrons. The number of amides is 1. The summed E-state index contributed by atoms with van der Waals surface area (Å²) in [5.41, 5.74) is 1.51. The molecule has 0 saturated heterocycles. The number of furan rings is 1. The number of ether oxygens (including phenoxy) is 1. The molecular formula is C32H29N5O4S2. The Labute approximate surface area is 255 Å². The zero-order chi connectivity index (χ0) is 30.1. The first kappa shape index (κ1) is 28.6. The average Bonchev–Trinajstić information content (AvgIpc) is 3.59. The van der Waals surface area contributed by atoms with E-state index in [4.69, 9.17) is 14.1 Å². The van der Waals surface area contributed by atoms with Crippen LogP contribution in [0.4, 0.5) is 0 Å². The number of allylic oxidation sites excluding steroid dienone is 1. The lowest BCUT2D eigenvalue weighted by Gasteiger charge is -2.30. The minimum Gasteiger partial charge on any atom is -0.496 e. The zero-order valence-corrected chi connectivity index (χ0v) is 25.7. The Morgan fingerprint density at radius 3 is 2.60 bits per heavy atom. The van der Waals surface area contributed by atoms with Gasteiger partial charge in [0, 0.05) is 37.1 Å². The fourth-order valence-corrected chi connectivity index (χ4v) is 7.02. The van der Waals surface area contributed by atoms with E-state index in [9.17, 15) is 9.59 Å². The largest absolute Gasteiger partial charge is 0.496 e. The van der Waals surface area contributed by atoms with Crippen LogP contribution in [0, 0.1) is 0 Å². The second-order valence-electron chi connectivity index (χ2n) is 9.75. The number of hydrogen-bond donors (Lipinski definition) is 0. The molecule has 43 heavy (non-hydrogen) atoms. The van der Waals surface area contributed by atoms with Crippen LogP contribution in [0.5, 0.6) is 5.75 Å². The van der Waals surface area contributed by atoms with E-state index < -0.39 is 6.04 Å². The second-order valence-corrected chi connectivity index (χ2v) is 11.7. The number of aromatic nitrogens is 3. The Balaban J connectivity index is 1.55. The molecule has 1 aliphatic heterocycles. The zero-order valence-electron chi connectivity index (χ0n) is 24.1. The molecule has 3 aromatic heterocycles. The molecule has 1 amide bonds. The van der Waals surface area contributed by atoms with Gasteiger partial charge in [0.15, 0.2) is 15.1 Å². The van der Waals surface area contributed by atoms with Gasteiger partial charge in [-0.05, 0) is 67.6 Å². The lowest BCUT2D eigenvalue weighted by atomic mass is 9.90. The number of methoxy groups -OCH3 is 1. The van der Waals surface area contributed by atoms with E-state index >= 15 is 0 Å². The molecule has 6 rings (SSSR count). The maximum absolute atomic E-state index is 14.2. The van der Waals surface area contributed by atoms with Gasteiger partial charge in [-0.2, -0.15) is 0 Å². The fourth-order valence-electron chi connectivity index (χ4n) is 5.31. The minimum atomic E-state index is -0.745. The van der Waals surface area contributed by atoms with E-state index in [0.29, 0.717) is 55.5 Å². The molecule has 9 nitrogen and oxygen atoms in total. The average molecular weight is 612 g/mol. The summed E-state index contributed by atoms with van der Waals surface area (Å²) >= 11 is 2.56. The van der Waals surface area contributed by atoms with Crippen molar-refractivity contribution in [2.24, 2.45) is 4.99 Å². The number of thiazole rings is 1. The molecule has 0 bridgehead atoms. The van der Waals surface area contributed by atoms with Crippen LogP contribution < -0.4 is 19.6 Å². The molecule has 0 saturated carbocycles. The predicted octanol–water partition coefficient (Wildman–Crippen LogP) is 4.80. The van der Waals surface area contributed by atoms with Crippen molar-refractivity contribution >= 4 is 45.9 Å². The van der Waals surface area contributed by atoms with Gasteiger partial charge in [-0.3, -0.25) is 14.2 Å². The predicted molar refractivity (Wildman–Crippen MR) is 167 cm³/mol. The quantitative estimate of drug-likeness (QED) is 0.232. The topological polar surface area (TPSA) is 103 Å². The van der Waals surface area contributed by atoms with Crippen molar-refractivity contribution in [2.45, 2.75) is 37.1 Å². The smallest absolute Gasteiger partial charge is 0.271 e. The Bertz CT molecular complexity index is 2040. The van der Waals surface area contributed by atoms with Gasteiger partial charge in [0.25, 0.3) is 11.5 Å². The molecule has 0 aliphatic carbocycles. The summed E-state index contributed by atoms with van der Waals surface area (Å²) in [4.78, 5) is 43.8. The number of hydrogen-bond acceptors (Lipinski definition) is 9. The van der Waals surface area contributed by atoms with Gasteiger partial charge in [-0.25, -0.2) is 15.0 Å². The van der Waals surface area contributed by atoms with E-state index in [1.165, 1.54) is 23.1 Å². The maximum Gasteiger partial charge on any atom is 0.271 e. The van der Waals surface area contributed by atoms with E-state index in [0.717, 1.165) is 16.3 Å². The maximum atomic E-state index is 14.2. The Hall–Kier alpha value is -4.48. The SMILES string of the molecule is CCN(CC)C(=O)C1=C(C)N=c2s/c(=C\c3ccc(Sc4ncccn4)o3)c(=O)n2[C@@H]1c1c(OC)ccc2ccccc12. The highest BCUT2D eigenvalue weighted by Gasteiger charge is 2.36. The van der Waals surface area contributed by atoms with Crippen molar-refractivity contribution in [3.8, 4) is 5.75 Å². The summed E-state index contributed by atoms with van der Waals surface area (Å²) in [6.45, 7) is 6.78. The first-order valence-corrected chi connectivity index (χ1v) is 15.5. The molecule has 0 spiro atoms. The van der Waals surface area contributed by atoms with Crippen LogP contribution in [0.25, 0.3) is 16.8 Å². The number of carbonyl (C=O) groups excluding carboxylic acids is 1. The molecule has 0 unspecified atom stereocenters. The number of likely N-dealkylation sites (N-methyl/N-ethyl adjacent to an activating group) is 1. The van der Waals surface area contributed by atoms with Crippen LogP contribution in [0.2, 0.25) is 0 Å². The van der Waals surface area contributed by atoms with Gasteiger partial charge in [0.05, 0.1) is 22.9 Å². The summed E-state index contributed by atoms with van der Waals surface area (Å²) in [5, 5.41) is 3.05. The van der Waals surface area contributed by atoms with E-state index in [2.05, 4.69) is 9.97 Å². The first-order valence-electron chi connectivity index (χ1n) is 13.9. The molecular weight excluding hydrogens is 583 g/mol. The van der Waals surface area contributed by atoms with Crippen LogP contribution >= 0.6 is 23.1 Å². The normalized spacial score (nSPS) is 15.0. The molecule has 1 atom stereocenters. The monoisotopic (exact) mass is 611 g/mol. The summed E-state index contributed by atoms with van der Waals surface area (Å²) in [6, 6.07) is 16.4. The molecule has 0 fully saturated rings. The highest BCUT2D eigenvalue weighted by Crippen LogP contribution is 2.40. The van der Waals surface area contributed by atoms with E-state index in [-0.39, 0.29) is 11.5 Å². The third-order valence-electron chi connectivity index (χ3n) is 7.34. The lowest BCUT2D eigenvalue weighted by Crippen LogP contribution is -2.43. The Morgan fingerprint density at radius 2 is 1.86 bits per heavy atom. The molecule has 4 heterocycles. The standard InChI is InChI=1S/C32H29N5O4S2/c1-5-36(6-2)30(39)26-19(3)35-32-37(28(26)27-22-11-8-7-10-20(22)12-14-23(27)40-4)29(38)24(42-32)18-21-13-15-25(41-21)43-31-33-16-9-17-34-31/h7-18,28H,5-6H2,1-4H3/b24-18-/t28-/m0/s1. The second kappa shape index (κ2) is 12.0. The van der Waals surface area contributed by atoms with Gasteiger partial charge < -0.3 is 14.1 Å². The van der Waals surface area contributed by atoms with Gasteiger partial charge in [0.2, 0.25) is 0 Å². The molecule has 1 aliphatic rings. The van der Waals surface area contributed by atoms with Crippen molar-refractivity contribution in [1.29, 1.82) is 0 Å². The number of carbonyl (C=O) groups is 1.